The number of hydrogen-bond acceptors (Lipinski definition) is 8. The predicted octanol–water partition coefficient (Wildman–Crippen LogP) is 7.36. The van der Waals surface area contributed by atoms with Crippen LogP contribution in [0, 0.1) is 5.82 Å². The summed E-state index contributed by atoms with van der Waals surface area (Å²) in [5, 5.41) is 16.2. The van der Waals surface area contributed by atoms with Gasteiger partial charge in [0.25, 0.3) is 11.1 Å². The summed E-state index contributed by atoms with van der Waals surface area (Å²) < 4.78 is 26.1. The van der Waals surface area contributed by atoms with Gasteiger partial charge in [-0.15, -0.1) is 10.2 Å². The first-order valence-electron chi connectivity index (χ1n) is 14.1. The highest BCUT2D eigenvalue weighted by molar-refractivity contribution is 7.99. The van der Waals surface area contributed by atoms with Crippen molar-refractivity contribution in [3.8, 4) is 34.1 Å². The number of rotatable bonds is 11. The first-order valence-corrected chi connectivity index (χ1v) is 15.1. The number of ether oxygens (including phenoxy) is 1. The van der Waals surface area contributed by atoms with Gasteiger partial charge in [-0.25, -0.2) is 9.07 Å². The number of para-hydroxylation sites is 1. The van der Waals surface area contributed by atoms with Crippen LogP contribution in [0.3, 0.4) is 0 Å². The zero-order valence-electron chi connectivity index (χ0n) is 24.5. The van der Waals surface area contributed by atoms with E-state index in [0.29, 0.717) is 28.1 Å². The maximum Gasteiger partial charge on any atom is 0.277 e. The number of carbonyl (C=O) groups excluding carboxylic acids is 2. The molecule has 0 spiro atoms. The van der Waals surface area contributed by atoms with Crippen LogP contribution in [0.1, 0.15) is 15.9 Å². The fourth-order valence-electron chi connectivity index (χ4n) is 4.47. The van der Waals surface area contributed by atoms with Gasteiger partial charge in [-0.1, -0.05) is 48.2 Å². The number of nitrogens with zero attached hydrogens (tertiary/aromatic N) is 4. The van der Waals surface area contributed by atoms with Gasteiger partial charge >= 0.3 is 0 Å². The maximum absolute atomic E-state index is 13.1. The van der Waals surface area contributed by atoms with Crippen molar-refractivity contribution in [2.45, 2.75) is 5.22 Å². The van der Waals surface area contributed by atoms with Crippen LogP contribution in [0.15, 0.2) is 125 Å². The monoisotopic (exact) mass is 631 g/mol. The Labute approximate surface area is 267 Å². The Morgan fingerprint density at radius 1 is 0.935 bits per heavy atom. The number of aromatic nitrogens is 4. The van der Waals surface area contributed by atoms with Crippen LogP contribution >= 0.6 is 11.8 Å². The van der Waals surface area contributed by atoms with E-state index in [1.807, 2.05) is 60.8 Å². The summed E-state index contributed by atoms with van der Waals surface area (Å²) >= 11 is 1.10. The molecule has 9 nitrogen and oxygen atoms in total. The fraction of sp³-hybridized carbons (Fsp3) is 0.0571. The van der Waals surface area contributed by atoms with Gasteiger partial charge in [0.1, 0.15) is 17.3 Å². The molecule has 0 atom stereocenters. The minimum atomic E-state index is -0.340. The van der Waals surface area contributed by atoms with Gasteiger partial charge in [-0.05, 0) is 84.4 Å². The largest absolute Gasteiger partial charge is 0.497 e. The summed E-state index contributed by atoms with van der Waals surface area (Å²) in [5.41, 5.74) is 4.70. The van der Waals surface area contributed by atoms with Crippen molar-refractivity contribution in [1.82, 2.24) is 20.0 Å². The van der Waals surface area contributed by atoms with E-state index in [-0.39, 0.29) is 34.4 Å². The van der Waals surface area contributed by atoms with Gasteiger partial charge in [0.15, 0.2) is 5.78 Å². The molecule has 0 fully saturated rings. The highest BCUT2D eigenvalue weighted by atomic mass is 32.2. The van der Waals surface area contributed by atoms with Gasteiger partial charge < -0.3 is 14.5 Å². The van der Waals surface area contributed by atoms with E-state index in [1.54, 1.807) is 54.3 Å². The van der Waals surface area contributed by atoms with Crippen molar-refractivity contribution in [2.75, 3.05) is 18.2 Å². The van der Waals surface area contributed by atoms with Gasteiger partial charge in [-0.2, -0.15) is 5.10 Å². The molecule has 0 aliphatic rings. The lowest BCUT2D eigenvalue weighted by Crippen LogP contribution is -2.14. The zero-order valence-corrected chi connectivity index (χ0v) is 25.3. The van der Waals surface area contributed by atoms with Crippen molar-refractivity contribution >= 4 is 35.2 Å². The number of thioether (sulfide) groups is 1. The molecular formula is C35H26FN5O4S. The normalized spacial score (nSPS) is 11.1. The van der Waals surface area contributed by atoms with Gasteiger partial charge in [0, 0.05) is 23.0 Å². The highest BCUT2D eigenvalue weighted by Gasteiger charge is 2.20. The second-order valence-corrected chi connectivity index (χ2v) is 10.9. The number of hydrogen-bond donors (Lipinski definition) is 1. The molecule has 0 aliphatic heterocycles. The van der Waals surface area contributed by atoms with Crippen LogP contribution in [0.2, 0.25) is 0 Å². The Kier molecular flexibility index (Phi) is 9.12. The van der Waals surface area contributed by atoms with Crippen LogP contribution in [0.4, 0.5) is 10.1 Å². The van der Waals surface area contributed by atoms with E-state index in [2.05, 4.69) is 15.5 Å². The summed E-state index contributed by atoms with van der Waals surface area (Å²) in [5.74, 6) is 0.183. The number of allylic oxidation sites excluding steroid dienone is 1. The Morgan fingerprint density at radius 3 is 2.39 bits per heavy atom. The van der Waals surface area contributed by atoms with Crippen LogP contribution in [-0.2, 0) is 4.79 Å². The topological polar surface area (TPSA) is 112 Å². The number of amides is 1. The van der Waals surface area contributed by atoms with E-state index < -0.39 is 0 Å². The van der Waals surface area contributed by atoms with Crippen molar-refractivity contribution in [1.29, 1.82) is 0 Å². The molecule has 0 radical (unpaired) electrons. The zero-order chi connectivity index (χ0) is 31.9. The van der Waals surface area contributed by atoms with E-state index in [4.69, 9.17) is 14.3 Å². The van der Waals surface area contributed by atoms with Crippen molar-refractivity contribution < 1.29 is 23.1 Å². The summed E-state index contributed by atoms with van der Waals surface area (Å²) in [6.07, 6.45) is 4.87. The maximum atomic E-state index is 13.1. The standard InChI is InChI=1S/C35H26FN5O4S/c1-44-29-18-12-25(13-19-29)33-30(21-41(40-33)28-5-3-2-4-6-28)34-38-39-35(45-34)46-22-32(43)37-27-16-10-24(11-17-27)31(42)20-9-23-7-14-26(36)15-8-23/h2-21H,22H2,1H3,(H,37,43)/b20-9+. The lowest BCUT2D eigenvalue weighted by Gasteiger charge is -2.05. The molecule has 2 aromatic heterocycles. The molecule has 0 saturated heterocycles. The number of halogens is 1. The van der Waals surface area contributed by atoms with Crippen LogP contribution < -0.4 is 10.1 Å². The average Bonchev–Trinajstić information content (AvgIpc) is 3.76. The first kappa shape index (κ1) is 30.2. The lowest BCUT2D eigenvalue weighted by molar-refractivity contribution is -0.113. The Morgan fingerprint density at radius 2 is 1.67 bits per heavy atom. The number of ketones is 1. The first-order chi connectivity index (χ1) is 22.4. The molecule has 0 bridgehead atoms. The molecule has 46 heavy (non-hydrogen) atoms. The van der Waals surface area contributed by atoms with E-state index in [9.17, 15) is 14.0 Å². The molecule has 6 rings (SSSR count). The molecular weight excluding hydrogens is 605 g/mol. The molecule has 2 heterocycles. The van der Waals surface area contributed by atoms with E-state index in [1.165, 1.54) is 18.2 Å². The Bertz CT molecular complexity index is 1990. The number of anilines is 1. The molecule has 0 aliphatic carbocycles. The smallest absolute Gasteiger partial charge is 0.277 e. The molecule has 1 amide bonds. The average molecular weight is 632 g/mol. The Hall–Kier alpha value is -5.81. The fourth-order valence-corrected chi connectivity index (χ4v) is 5.03. The van der Waals surface area contributed by atoms with Gasteiger partial charge in [-0.3, -0.25) is 9.59 Å². The number of benzene rings is 4. The second-order valence-electron chi connectivity index (χ2n) is 9.94. The molecule has 4 aromatic carbocycles. The minimum absolute atomic E-state index is 0.0251. The van der Waals surface area contributed by atoms with Crippen LogP contribution in [0.25, 0.3) is 34.5 Å². The number of carbonyl (C=O) groups is 2. The summed E-state index contributed by atoms with van der Waals surface area (Å²) in [6, 6.07) is 29.6. The second kappa shape index (κ2) is 13.9. The van der Waals surface area contributed by atoms with Gasteiger partial charge in [0.05, 0.1) is 24.1 Å². The van der Waals surface area contributed by atoms with Crippen molar-refractivity contribution in [3.05, 3.63) is 132 Å². The summed E-state index contributed by atoms with van der Waals surface area (Å²) in [6.45, 7) is 0. The van der Waals surface area contributed by atoms with Crippen LogP contribution in [0.5, 0.6) is 5.75 Å². The minimum Gasteiger partial charge on any atom is -0.497 e. The molecule has 0 saturated carbocycles. The summed E-state index contributed by atoms with van der Waals surface area (Å²) in [4.78, 5) is 25.2. The van der Waals surface area contributed by atoms with Crippen molar-refractivity contribution in [2.24, 2.45) is 0 Å². The molecule has 1 N–H and O–H groups in total. The van der Waals surface area contributed by atoms with Gasteiger partial charge in [0.2, 0.25) is 5.91 Å². The van der Waals surface area contributed by atoms with Crippen LogP contribution in [-0.4, -0.2) is 44.5 Å². The third-order valence-corrected chi connectivity index (χ3v) is 7.63. The molecule has 228 valence electrons. The SMILES string of the molecule is COc1ccc(-c2nn(-c3ccccc3)cc2-c2nnc(SCC(=O)Nc3ccc(C(=O)/C=C/c4ccc(F)cc4)cc3)o2)cc1. The predicted molar refractivity (Wildman–Crippen MR) is 174 cm³/mol. The molecule has 6 aromatic rings. The quantitative estimate of drug-likeness (QED) is 0.0897. The molecule has 11 heteroatoms. The number of nitrogens with one attached hydrogen (secondary N) is 1. The Balaban J connectivity index is 1.10. The molecule has 0 unspecified atom stereocenters. The van der Waals surface area contributed by atoms with E-state index >= 15 is 0 Å². The third kappa shape index (κ3) is 7.28. The third-order valence-electron chi connectivity index (χ3n) is 6.81. The highest BCUT2D eigenvalue weighted by Crippen LogP contribution is 2.33. The number of methoxy groups -OCH3 is 1. The lowest BCUT2D eigenvalue weighted by atomic mass is 10.1. The van der Waals surface area contributed by atoms with E-state index in [0.717, 1.165) is 28.8 Å². The van der Waals surface area contributed by atoms with Crippen molar-refractivity contribution in [3.63, 3.8) is 0 Å². The summed E-state index contributed by atoms with van der Waals surface area (Å²) in [7, 11) is 1.61.